The Bertz CT molecular complexity index is 1040. The van der Waals surface area contributed by atoms with Gasteiger partial charge in [-0.15, -0.1) is 0 Å². The molecule has 4 heteroatoms. The molecule has 4 aromatic rings. The second-order valence-electron chi connectivity index (χ2n) is 5.77. The summed E-state index contributed by atoms with van der Waals surface area (Å²) in [5.41, 5.74) is 1.65. The molecule has 0 bridgehead atoms. The second kappa shape index (κ2) is 5.13. The lowest BCUT2D eigenvalue weighted by Gasteiger charge is -2.08. The van der Waals surface area contributed by atoms with Gasteiger partial charge in [0.15, 0.2) is 0 Å². The predicted octanol–water partition coefficient (Wildman–Crippen LogP) is 6.58. The first-order valence-electron chi connectivity index (χ1n) is 7.53. The molecule has 0 aliphatic heterocycles. The summed E-state index contributed by atoms with van der Waals surface area (Å²) in [5, 5.41) is 3.03. The number of hydrogen-bond donors (Lipinski definition) is 0. The van der Waals surface area contributed by atoms with Crippen molar-refractivity contribution >= 4 is 21.7 Å². The number of aryl methyl sites for hydroxylation is 1. The molecule has 0 unspecified atom stereocenters. The van der Waals surface area contributed by atoms with Crippen molar-refractivity contribution in [1.82, 2.24) is 0 Å². The van der Waals surface area contributed by atoms with Gasteiger partial charge < -0.3 is 4.42 Å². The van der Waals surface area contributed by atoms with Crippen LogP contribution in [0.15, 0.2) is 65.1 Å². The SMILES string of the molecule is Cc1oc2ccc3ccccc3c2c1-c1ccc(C(F)(F)F)cc1. The van der Waals surface area contributed by atoms with E-state index in [9.17, 15) is 13.2 Å². The maximum Gasteiger partial charge on any atom is 0.416 e. The first-order chi connectivity index (χ1) is 11.4. The van der Waals surface area contributed by atoms with Crippen LogP contribution >= 0.6 is 0 Å². The van der Waals surface area contributed by atoms with Gasteiger partial charge in [0, 0.05) is 10.9 Å². The van der Waals surface area contributed by atoms with Crippen molar-refractivity contribution in [3.8, 4) is 11.1 Å². The van der Waals surface area contributed by atoms with E-state index in [0.29, 0.717) is 5.76 Å². The molecule has 4 rings (SSSR count). The summed E-state index contributed by atoms with van der Waals surface area (Å²) in [6, 6.07) is 17.0. The zero-order valence-corrected chi connectivity index (χ0v) is 12.8. The first kappa shape index (κ1) is 14.8. The average Bonchev–Trinajstić information content (AvgIpc) is 2.90. The Kier molecular flexibility index (Phi) is 3.17. The van der Waals surface area contributed by atoms with Crippen LogP contribution in [0, 0.1) is 6.92 Å². The molecule has 0 radical (unpaired) electrons. The summed E-state index contributed by atoms with van der Waals surface area (Å²) >= 11 is 0. The predicted molar refractivity (Wildman–Crippen MR) is 88.9 cm³/mol. The number of rotatable bonds is 1. The average molecular weight is 326 g/mol. The molecule has 0 saturated heterocycles. The lowest BCUT2D eigenvalue weighted by atomic mass is 9.97. The summed E-state index contributed by atoms with van der Waals surface area (Å²) in [6.45, 7) is 1.84. The molecule has 24 heavy (non-hydrogen) atoms. The van der Waals surface area contributed by atoms with Gasteiger partial charge in [-0.1, -0.05) is 42.5 Å². The van der Waals surface area contributed by atoms with E-state index < -0.39 is 11.7 Å². The van der Waals surface area contributed by atoms with Crippen molar-refractivity contribution in [2.75, 3.05) is 0 Å². The fourth-order valence-electron chi connectivity index (χ4n) is 3.16. The third kappa shape index (κ3) is 2.26. The smallest absolute Gasteiger partial charge is 0.416 e. The lowest BCUT2D eigenvalue weighted by molar-refractivity contribution is -0.137. The van der Waals surface area contributed by atoms with Crippen molar-refractivity contribution in [2.45, 2.75) is 13.1 Å². The molecule has 0 aliphatic rings. The minimum Gasteiger partial charge on any atom is -0.461 e. The van der Waals surface area contributed by atoms with Gasteiger partial charge in [0.1, 0.15) is 11.3 Å². The molecule has 0 amide bonds. The number of furan rings is 1. The largest absolute Gasteiger partial charge is 0.461 e. The maximum absolute atomic E-state index is 12.8. The lowest BCUT2D eigenvalue weighted by Crippen LogP contribution is -2.04. The molecular formula is C20H13F3O. The van der Waals surface area contributed by atoms with Crippen LogP contribution in [0.2, 0.25) is 0 Å². The molecule has 0 aliphatic carbocycles. The van der Waals surface area contributed by atoms with Crippen molar-refractivity contribution < 1.29 is 17.6 Å². The Hall–Kier alpha value is -2.75. The monoisotopic (exact) mass is 326 g/mol. The van der Waals surface area contributed by atoms with E-state index in [1.54, 1.807) is 0 Å². The molecule has 0 N–H and O–H groups in total. The van der Waals surface area contributed by atoms with Crippen molar-refractivity contribution in [1.29, 1.82) is 0 Å². The number of benzene rings is 3. The van der Waals surface area contributed by atoms with E-state index in [-0.39, 0.29) is 0 Å². The topological polar surface area (TPSA) is 13.1 Å². The molecule has 0 fully saturated rings. The number of hydrogen-bond acceptors (Lipinski definition) is 1. The van der Waals surface area contributed by atoms with Crippen LogP contribution in [0.5, 0.6) is 0 Å². The summed E-state index contributed by atoms with van der Waals surface area (Å²) in [6.07, 6.45) is -4.33. The highest BCUT2D eigenvalue weighted by atomic mass is 19.4. The number of fused-ring (bicyclic) bond motifs is 3. The zero-order chi connectivity index (χ0) is 16.9. The molecule has 1 nitrogen and oxygen atoms in total. The fraction of sp³-hybridized carbons (Fsp3) is 0.100. The summed E-state index contributed by atoms with van der Waals surface area (Å²) < 4.78 is 44.2. The zero-order valence-electron chi connectivity index (χ0n) is 12.8. The first-order valence-corrected chi connectivity index (χ1v) is 7.53. The minimum atomic E-state index is -4.33. The third-order valence-corrected chi connectivity index (χ3v) is 4.26. The Morgan fingerprint density at radius 2 is 1.54 bits per heavy atom. The van der Waals surface area contributed by atoms with Crippen LogP contribution in [-0.4, -0.2) is 0 Å². The van der Waals surface area contributed by atoms with E-state index in [4.69, 9.17) is 4.42 Å². The fourth-order valence-corrected chi connectivity index (χ4v) is 3.16. The van der Waals surface area contributed by atoms with Gasteiger partial charge in [-0.05, 0) is 41.5 Å². The highest BCUT2D eigenvalue weighted by Crippen LogP contribution is 2.39. The Balaban J connectivity index is 1.99. The molecule has 1 heterocycles. The van der Waals surface area contributed by atoms with Gasteiger partial charge in [0.05, 0.1) is 5.56 Å². The van der Waals surface area contributed by atoms with Crippen LogP contribution < -0.4 is 0 Å². The third-order valence-electron chi connectivity index (χ3n) is 4.26. The van der Waals surface area contributed by atoms with E-state index >= 15 is 0 Å². The minimum absolute atomic E-state index is 0.651. The normalized spacial score (nSPS) is 12.2. The highest BCUT2D eigenvalue weighted by molar-refractivity contribution is 6.13. The Morgan fingerprint density at radius 3 is 2.25 bits per heavy atom. The van der Waals surface area contributed by atoms with Crippen LogP contribution in [0.4, 0.5) is 13.2 Å². The van der Waals surface area contributed by atoms with Crippen molar-refractivity contribution in [3.05, 3.63) is 72.0 Å². The van der Waals surface area contributed by atoms with E-state index in [1.807, 2.05) is 43.3 Å². The van der Waals surface area contributed by atoms with Gasteiger partial charge in [-0.25, -0.2) is 0 Å². The molecule has 120 valence electrons. The number of halogens is 3. The van der Waals surface area contributed by atoms with E-state index in [1.165, 1.54) is 12.1 Å². The summed E-state index contributed by atoms with van der Waals surface area (Å²) in [4.78, 5) is 0. The van der Waals surface area contributed by atoms with Crippen LogP contribution in [0.25, 0.3) is 32.9 Å². The van der Waals surface area contributed by atoms with Crippen LogP contribution in [0.3, 0.4) is 0 Å². The second-order valence-corrected chi connectivity index (χ2v) is 5.77. The van der Waals surface area contributed by atoms with Gasteiger partial charge in [-0.3, -0.25) is 0 Å². The van der Waals surface area contributed by atoms with Gasteiger partial charge in [-0.2, -0.15) is 13.2 Å². The molecule has 0 spiro atoms. The summed E-state index contributed by atoms with van der Waals surface area (Å²) in [7, 11) is 0. The van der Waals surface area contributed by atoms with Gasteiger partial charge >= 0.3 is 6.18 Å². The van der Waals surface area contributed by atoms with Crippen LogP contribution in [0.1, 0.15) is 11.3 Å². The van der Waals surface area contributed by atoms with Crippen LogP contribution in [-0.2, 0) is 6.18 Å². The molecule has 3 aromatic carbocycles. The van der Waals surface area contributed by atoms with Crippen molar-refractivity contribution in [2.24, 2.45) is 0 Å². The summed E-state index contributed by atoms with van der Waals surface area (Å²) in [5.74, 6) is 0.695. The van der Waals surface area contributed by atoms with Gasteiger partial charge in [0.25, 0.3) is 0 Å². The molecule has 1 aromatic heterocycles. The maximum atomic E-state index is 12.8. The number of alkyl halides is 3. The highest BCUT2D eigenvalue weighted by Gasteiger charge is 2.30. The quantitative estimate of drug-likeness (QED) is 0.385. The van der Waals surface area contributed by atoms with Gasteiger partial charge in [0.2, 0.25) is 0 Å². The standard InChI is InChI=1S/C20H13F3O/c1-12-18(14-6-9-15(10-7-14)20(21,22)23)19-16-5-3-2-4-13(16)8-11-17(19)24-12/h2-11H,1H3. The van der Waals surface area contributed by atoms with Crippen molar-refractivity contribution in [3.63, 3.8) is 0 Å². The van der Waals surface area contributed by atoms with E-state index in [0.717, 1.165) is 45.0 Å². The molecular weight excluding hydrogens is 313 g/mol. The van der Waals surface area contributed by atoms with E-state index in [2.05, 4.69) is 0 Å². The Morgan fingerprint density at radius 1 is 0.833 bits per heavy atom. The molecule has 0 saturated carbocycles. The Labute approximate surface area is 136 Å². The molecule has 0 atom stereocenters.